The molecule has 1 fully saturated rings. The predicted octanol–water partition coefficient (Wildman–Crippen LogP) is 2.38. The number of aromatic nitrogens is 1. The number of ether oxygens (including phenoxy) is 1. The van der Waals surface area contributed by atoms with Crippen LogP contribution in [0.2, 0.25) is 0 Å². The summed E-state index contributed by atoms with van der Waals surface area (Å²) < 4.78 is 32.2. The van der Waals surface area contributed by atoms with Gasteiger partial charge in [0.1, 0.15) is 0 Å². The molecule has 2 rings (SSSR count). The first-order valence-electron chi connectivity index (χ1n) is 6.15. The Bertz CT molecular complexity index is 409. The van der Waals surface area contributed by atoms with Crippen LogP contribution in [0.25, 0.3) is 0 Å². The van der Waals surface area contributed by atoms with Crippen molar-refractivity contribution in [1.82, 2.24) is 4.98 Å². The van der Waals surface area contributed by atoms with Crippen LogP contribution in [0.3, 0.4) is 0 Å². The molecule has 2 heterocycles. The molecule has 0 bridgehead atoms. The Labute approximate surface area is 105 Å². The molecule has 100 valence electrons. The van der Waals surface area contributed by atoms with Gasteiger partial charge in [-0.2, -0.15) is 0 Å². The molecule has 6 heteroatoms. The van der Waals surface area contributed by atoms with Gasteiger partial charge in [0.05, 0.1) is 12.6 Å². The molecule has 0 radical (unpaired) electrons. The van der Waals surface area contributed by atoms with E-state index in [4.69, 9.17) is 4.74 Å². The minimum absolute atomic E-state index is 0.0384. The summed E-state index contributed by atoms with van der Waals surface area (Å²) in [7, 11) is 0. The largest absolute Gasteiger partial charge is 0.379 e. The van der Waals surface area contributed by atoms with Crippen LogP contribution in [0, 0.1) is 11.6 Å². The molecule has 0 aliphatic carbocycles. The summed E-state index contributed by atoms with van der Waals surface area (Å²) in [5, 5.41) is 5.77. The topological polar surface area (TPSA) is 46.2 Å². The van der Waals surface area contributed by atoms with Gasteiger partial charge >= 0.3 is 0 Å². The number of rotatable bonds is 5. The second kappa shape index (κ2) is 5.95. The molecular formula is C12H17F2N3O. The third-order valence-corrected chi connectivity index (χ3v) is 2.74. The first-order chi connectivity index (χ1) is 8.70. The number of halogens is 2. The van der Waals surface area contributed by atoms with E-state index in [2.05, 4.69) is 15.6 Å². The van der Waals surface area contributed by atoms with Crippen LogP contribution in [-0.2, 0) is 4.74 Å². The Balaban J connectivity index is 2.12. The maximum Gasteiger partial charge on any atom is 0.168 e. The van der Waals surface area contributed by atoms with Crippen LogP contribution >= 0.6 is 0 Å². The van der Waals surface area contributed by atoms with Gasteiger partial charge in [0.25, 0.3) is 0 Å². The maximum atomic E-state index is 13.6. The van der Waals surface area contributed by atoms with Gasteiger partial charge in [0.2, 0.25) is 0 Å². The van der Waals surface area contributed by atoms with E-state index in [0.717, 1.165) is 18.9 Å². The number of hydrogen-bond acceptors (Lipinski definition) is 4. The van der Waals surface area contributed by atoms with Crippen molar-refractivity contribution in [3.63, 3.8) is 0 Å². The SMILES string of the molecule is CCCNc1nc(NC2CCOC2)c(F)cc1F. The lowest BCUT2D eigenvalue weighted by atomic mass is 10.2. The van der Waals surface area contributed by atoms with Gasteiger partial charge in [-0.15, -0.1) is 0 Å². The van der Waals surface area contributed by atoms with Gasteiger partial charge in [-0.05, 0) is 12.8 Å². The van der Waals surface area contributed by atoms with Gasteiger partial charge in [-0.1, -0.05) is 6.92 Å². The van der Waals surface area contributed by atoms with Gasteiger partial charge in [0.15, 0.2) is 23.3 Å². The zero-order chi connectivity index (χ0) is 13.0. The summed E-state index contributed by atoms with van der Waals surface area (Å²) in [6.07, 6.45) is 1.65. The van der Waals surface area contributed by atoms with Crippen LogP contribution in [0.4, 0.5) is 20.4 Å². The van der Waals surface area contributed by atoms with E-state index in [0.29, 0.717) is 19.8 Å². The molecule has 2 N–H and O–H groups in total. The van der Waals surface area contributed by atoms with Crippen LogP contribution in [-0.4, -0.2) is 30.8 Å². The van der Waals surface area contributed by atoms with Gasteiger partial charge in [0, 0.05) is 19.2 Å². The average Bonchev–Trinajstić information content (AvgIpc) is 2.84. The quantitative estimate of drug-likeness (QED) is 0.850. The Kier molecular flexibility index (Phi) is 4.30. The van der Waals surface area contributed by atoms with Crippen molar-refractivity contribution in [2.75, 3.05) is 30.4 Å². The van der Waals surface area contributed by atoms with E-state index in [1.807, 2.05) is 6.92 Å². The van der Waals surface area contributed by atoms with Crippen molar-refractivity contribution in [2.24, 2.45) is 0 Å². The number of anilines is 2. The van der Waals surface area contributed by atoms with E-state index < -0.39 is 11.6 Å². The molecule has 1 aliphatic rings. The van der Waals surface area contributed by atoms with Crippen molar-refractivity contribution < 1.29 is 13.5 Å². The van der Waals surface area contributed by atoms with E-state index >= 15 is 0 Å². The Morgan fingerprint density at radius 3 is 2.83 bits per heavy atom. The van der Waals surface area contributed by atoms with E-state index in [9.17, 15) is 8.78 Å². The molecule has 1 aliphatic heterocycles. The van der Waals surface area contributed by atoms with Crippen LogP contribution in [0.15, 0.2) is 6.07 Å². The number of nitrogens with one attached hydrogen (secondary N) is 2. The highest BCUT2D eigenvalue weighted by molar-refractivity contribution is 5.48. The zero-order valence-corrected chi connectivity index (χ0v) is 10.3. The summed E-state index contributed by atoms with van der Waals surface area (Å²) in [6, 6.07) is 0.889. The highest BCUT2D eigenvalue weighted by Gasteiger charge is 2.19. The third-order valence-electron chi connectivity index (χ3n) is 2.74. The fraction of sp³-hybridized carbons (Fsp3) is 0.583. The summed E-state index contributed by atoms with van der Waals surface area (Å²) in [6.45, 7) is 3.74. The molecule has 0 amide bonds. The molecule has 1 saturated heterocycles. The van der Waals surface area contributed by atoms with Gasteiger partial charge < -0.3 is 15.4 Å². The van der Waals surface area contributed by atoms with Gasteiger partial charge in [-0.3, -0.25) is 0 Å². The zero-order valence-electron chi connectivity index (χ0n) is 10.3. The lowest BCUT2D eigenvalue weighted by Gasteiger charge is -2.14. The van der Waals surface area contributed by atoms with Crippen molar-refractivity contribution in [3.8, 4) is 0 Å². The van der Waals surface area contributed by atoms with Crippen molar-refractivity contribution in [2.45, 2.75) is 25.8 Å². The van der Waals surface area contributed by atoms with E-state index in [-0.39, 0.29) is 17.7 Å². The molecule has 1 aromatic rings. The van der Waals surface area contributed by atoms with Crippen LogP contribution in [0.5, 0.6) is 0 Å². The number of nitrogens with zero attached hydrogens (tertiary/aromatic N) is 1. The fourth-order valence-electron chi connectivity index (χ4n) is 1.78. The smallest absolute Gasteiger partial charge is 0.168 e. The van der Waals surface area contributed by atoms with Crippen molar-refractivity contribution >= 4 is 11.6 Å². The maximum absolute atomic E-state index is 13.6. The summed E-state index contributed by atoms with van der Waals surface area (Å²) in [4.78, 5) is 3.95. The Morgan fingerprint density at radius 2 is 2.17 bits per heavy atom. The highest BCUT2D eigenvalue weighted by Crippen LogP contribution is 2.21. The molecule has 0 aromatic carbocycles. The minimum Gasteiger partial charge on any atom is -0.379 e. The highest BCUT2D eigenvalue weighted by atomic mass is 19.1. The molecule has 18 heavy (non-hydrogen) atoms. The van der Waals surface area contributed by atoms with Crippen molar-refractivity contribution in [3.05, 3.63) is 17.7 Å². The summed E-state index contributed by atoms with van der Waals surface area (Å²) >= 11 is 0. The number of pyridine rings is 1. The Morgan fingerprint density at radius 1 is 1.39 bits per heavy atom. The van der Waals surface area contributed by atoms with Crippen LogP contribution in [0.1, 0.15) is 19.8 Å². The predicted molar refractivity (Wildman–Crippen MR) is 65.8 cm³/mol. The normalized spacial score (nSPS) is 18.9. The lowest BCUT2D eigenvalue weighted by Crippen LogP contribution is -2.21. The molecule has 1 unspecified atom stereocenters. The second-order valence-corrected chi connectivity index (χ2v) is 4.28. The molecule has 1 atom stereocenters. The van der Waals surface area contributed by atoms with Crippen molar-refractivity contribution in [1.29, 1.82) is 0 Å². The first kappa shape index (κ1) is 13.0. The summed E-state index contributed by atoms with van der Waals surface area (Å²) in [5.74, 6) is -1.19. The summed E-state index contributed by atoms with van der Waals surface area (Å²) in [5.41, 5.74) is 0. The Hall–Kier alpha value is -1.43. The molecule has 1 aromatic heterocycles. The molecule has 0 spiro atoms. The monoisotopic (exact) mass is 257 g/mol. The van der Waals surface area contributed by atoms with E-state index in [1.54, 1.807) is 0 Å². The number of hydrogen-bond donors (Lipinski definition) is 2. The second-order valence-electron chi connectivity index (χ2n) is 4.28. The fourth-order valence-corrected chi connectivity index (χ4v) is 1.78. The minimum atomic E-state index is -0.679. The molecular weight excluding hydrogens is 240 g/mol. The third kappa shape index (κ3) is 3.07. The molecule has 0 saturated carbocycles. The average molecular weight is 257 g/mol. The lowest BCUT2D eigenvalue weighted by molar-refractivity contribution is 0.195. The first-order valence-corrected chi connectivity index (χ1v) is 6.15. The molecule has 4 nitrogen and oxygen atoms in total. The standard InChI is InChI=1S/C12H17F2N3O/c1-2-4-15-11-9(13)6-10(14)12(17-11)16-8-3-5-18-7-8/h6,8H,2-5,7H2,1H3,(H2,15,16,17). The van der Waals surface area contributed by atoms with E-state index in [1.165, 1.54) is 0 Å². The van der Waals surface area contributed by atoms with Gasteiger partial charge in [-0.25, -0.2) is 13.8 Å². The van der Waals surface area contributed by atoms with Crippen LogP contribution < -0.4 is 10.6 Å².